The van der Waals surface area contributed by atoms with Crippen LogP contribution in [0, 0.1) is 0 Å². The third-order valence-electron chi connectivity index (χ3n) is 4.97. The predicted molar refractivity (Wildman–Crippen MR) is 106 cm³/mol. The van der Waals surface area contributed by atoms with E-state index in [1.807, 2.05) is 23.1 Å². The Morgan fingerprint density at radius 2 is 2.00 bits per heavy atom. The van der Waals surface area contributed by atoms with Crippen LogP contribution in [0.15, 0.2) is 48.9 Å². The van der Waals surface area contributed by atoms with Crippen molar-refractivity contribution in [2.75, 3.05) is 20.2 Å². The average molecular weight is 393 g/mol. The zero-order valence-corrected chi connectivity index (χ0v) is 16.5. The first-order valence-corrected chi connectivity index (χ1v) is 9.56. The van der Waals surface area contributed by atoms with Crippen molar-refractivity contribution in [1.82, 2.24) is 24.6 Å². The van der Waals surface area contributed by atoms with E-state index in [1.54, 1.807) is 49.6 Å². The number of ether oxygens (including phenoxy) is 2. The lowest BCUT2D eigenvalue weighted by Gasteiger charge is -2.32. The van der Waals surface area contributed by atoms with Crippen molar-refractivity contribution in [2.24, 2.45) is 7.05 Å². The molecule has 4 rings (SSSR count). The summed E-state index contributed by atoms with van der Waals surface area (Å²) < 4.78 is 12.9. The van der Waals surface area contributed by atoms with Gasteiger partial charge in [-0.05, 0) is 31.0 Å². The summed E-state index contributed by atoms with van der Waals surface area (Å²) in [4.78, 5) is 23.6. The summed E-state index contributed by atoms with van der Waals surface area (Å²) in [5.41, 5.74) is 1.22. The zero-order valence-electron chi connectivity index (χ0n) is 16.5. The highest BCUT2D eigenvalue weighted by molar-refractivity contribution is 5.92. The molecule has 0 N–H and O–H groups in total. The Kier molecular flexibility index (Phi) is 5.41. The minimum absolute atomic E-state index is 0.0470. The quantitative estimate of drug-likeness (QED) is 0.663. The van der Waals surface area contributed by atoms with Crippen molar-refractivity contribution in [3.63, 3.8) is 0 Å². The molecule has 1 aliphatic heterocycles. The van der Waals surface area contributed by atoms with Gasteiger partial charge in [0.1, 0.15) is 22.9 Å². The number of benzene rings is 1. The van der Waals surface area contributed by atoms with E-state index in [0.29, 0.717) is 36.2 Å². The highest BCUT2D eigenvalue weighted by Gasteiger charge is 2.29. The summed E-state index contributed by atoms with van der Waals surface area (Å²) >= 11 is 0. The molecule has 3 aromatic rings. The topological polar surface area (TPSA) is 82.4 Å². The summed E-state index contributed by atoms with van der Waals surface area (Å²) in [6.07, 6.45) is 6.85. The van der Waals surface area contributed by atoms with Gasteiger partial charge in [0.2, 0.25) is 5.88 Å². The molecule has 1 aromatic carbocycles. The molecule has 0 radical (unpaired) electrons. The van der Waals surface area contributed by atoms with Gasteiger partial charge in [0, 0.05) is 50.7 Å². The fourth-order valence-electron chi connectivity index (χ4n) is 3.55. The van der Waals surface area contributed by atoms with Gasteiger partial charge in [-0.25, -0.2) is 4.98 Å². The molecule has 29 heavy (non-hydrogen) atoms. The normalized spacial score (nSPS) is 16.5. The molecule has 0 aliphatic carbocycles. The number of carbonyl (C=O) groups excluding carboxylic acids is 1. The van der Waals surface area contributed by atoms with Crippen molar-refractivity contribution in [2.45, 2.75) is 18.8 Å². The molecule has 2 aromatic heterocycles. The number of likely N-dealkylation sites (tertiary alicyclic amines) is 1. The van der Waals surface area contributed by atoms with E-state index < -0.39 is 0 Å². The number of aryl methyl sites for hydroxylation is 1. The van der Waals surface area contributed by atoms with Gasteiger partial charge in [0.15, 0.2) is 0 Å². The number of rotatable bonds is 5. The van der Waals surface area contributed by atoms with E-state index in [9.17, 15) is 4.79 Å². The SMILES string of the molecule is COc1cccc(Oc2nccnc2[C@@H]2CCCN(C(=O)c3ccn(C)n3)C2)c1. The minimum atomic E-state index is -0.0607. The average Bonchev–Trinajstić information content (AvgIpc) is 3.20. The minimum Gasteiger partial charge on any atom is -0.497 e. The van der Waals surface area contributed by atoms with Gasteiger partial charge < -0.3 is 14.4 Å². The maximum Gasteiger partial charge on any atom is 0.274 e. The van der Waals surface area contributed by atoms with Crippen molar-refractivity contribution in [1.29, 1.82) is 0 Å². The zero-order chi connectivity index (χ0) is 20.2. The van der Waals surface area contributed by atoms with E-state index in [4.69, 9.17) is 9.47 Å². The summed E-state index contributed by atoms with van der Waals surface area (Å²) in [5.74, 6) is 1.78. The Morgan fingerprint density at radius 3 is 2.79 bits per heavy atom. The summed E-state index contributed by atoms with van der Waals surface area (Å²) in [7, 11) is 3.42. The number of hydrogen-bond acceptors (Lipinski definition) is 6. The van der Waals surface area contributed by atoms with Crippen LogP contribution >= 0.6 is 0 Å². The monoisotopic (exact) mass is 393 g/mol. The fraction of sp³-hybridized carbons (Fsp3) is 0.333. The van der Waals surface area contributed by atoms with Crippen LogP contribution in [0.3, 0.4) is 0 Å². The number of aromatic nitrogens is 4. The largest absolute Gasteiger partial charge is 0.497 e. The first-order chi connectivity index (χ1) is 14.1. The third kappa shape index (κ3) is 4.21. The molecule has 1 aliphatic rings. The van der Waals surface area contributed by atoms with Crippen LogP contribution in [0.25, 0.3) is 0 Å². The van der Waals surface area contributed by atoms with E-state index >= 15 is 0 Å². The van der Waals surface area contributed by atoms with Crippen LogP contribution in [0.5, 0.6) is 17.4 Å². The van der Waals surface area contributed by atoms with Crippen LogP contribution in [-0.2, 0) is 7.05 Å². The Hall–Kier alpha value is -3.42. The number of carbonyl (C=O) groups is 1. The van der Waals surface area contributed by atoms with E-state index in [2.05, 4.69) is 15.1 Å². The Labute approximate surface area is 169 Å². The van der Waals surface area contributed by atoms with Gasteiger partial charge in [-0.1, -0.05) is 6.07 Å². The molecule has 8 nitrogen and oxygen atoms in total. The highest BCUT2D eigenvalue weighted by Crippen LogP contribution is 2.33. The number of piperidine rings is 1. The predicted octanol–water partition coefficient (Wildman–Crippen LogP) is 3.03. The Balaban J connectivity index is 1.54. The molecular weight excluding hydrogens is 370 g/mol. The molecule has 150 valence electrons. The second-order valence-electron chi connectivity index (χ2n) is 6.99. The van der Waals surface area contributed by atoms with Gasteiger partial charge >= 0.3 is 0 Å². The summed E-state index contributed by atoms with van der Waals surface area (Å²) in [5, 5.41) is 4.23. The number of hydrogen-bond donors (Lipinski definition) is 0. The molecule has 0 bridgehead atoms. The number of nitrogens with zero attached hydrogens (tertiary/aromatic N) is 5. The molecule has 8 heteroatoms. The van der Waals surface area contributed by atoms with Crippen LogP contribution in [0.2, 0.25) is 0 Å². The van der Waals surface area contributed by atoms with Crippen molar-refractivity contribution < 1.29 is 14.3 Å². The van der Waals surface area contributed by atoms with Crippen LogP contribution < -0.4 is 9.47 Å². The van der Waals surface area contributed by atoms with Crippen LogP contribution in [0.4, 0.5) is 0 Å². The standard InChI is InChI=1S/C21H23N5O3/c1-25-12-8-18(24-25)21(27)26-11-4-5-15(14-26)19-20(23-10-9-22-19)29-17-7-3-6-16(13-17)28-2/h3,6-10,12-13,15H,4-5,11,14H2,1-2H3/t15-/m1/s1. The lowest BCUT2D eigenvalue weighted by molar-refractivity contribution is 0.0698. The second-order valence-corrected chi connectivity index (χ2v) is 6.99. The lowest BCUT2D eigenvalue weighted by Crippen LogP contribution is -2.39. The smallest absolute Gasteiger partial charge is 0.274 e. The van der Waals surface area contributed by atoms with Gasteiger partial charge in [0.25, 0.3) is 5.91 Å². The Morgan fingerprint density at radius 1 is 1.17 bits per heavy atom. The molecule has 1 atom stereocenters. The van der Waals surface area contributed by atoms with Gasteiger partial charge in [-0.3, -0.25) is 14.5 Å². The summed E-state index contributed by atoms with van der Waals surface area (Å²) in [6, 6.07) is 9.10. The molecule has 0 saturated carbocycles. The molecular formula is C21H23N5O3. The van der Waals surface area contributed by atoms with Gasteiger partial charge in [0.05, 0.1) is 7.11 Å². The van der Waals surface area contributed by atoms with E-state index in [1.165, 1.54) is 0 Å². The van der Waals surface area contributed by atoms with Gasteiger partial charge in [-0.2, -0.15) is 5.10 Å². The Bertz CT molecular complexity index is 1000. The molecule has 1 amide bonds. The van der Waals surface area contributed by atoms with E-state index in [-0.39, 0.29) is 11.8 Å². The summed E-state index contributed by atoms with van der Waals surface area (Å²) in [6.45, 7) is 1.26. The highest BCUT2D eigenvalue weighted by atomic mass is 16.5. The third-order valence-corrected chi connectivity index (χ3v) is 4.97. The second kappa shape index (κ2) is 8.30. The van der Waals surface area contributed by atoms with Gasteiger partial charge in [-0.15, -0.1) is 0 Å². The lowest BCUT2D eigenvalue weighted by atomic mass is 9.94. The molecule has 1 fully saturated rings. The van der Waals surface area contributed by atoms with Crippen molar-refractivity contribution in [3.8, 4) is 17.4 Å². The number of methoxy groups -OCH3 is 1. The number of amides is 1. The first kappa shape index (κ1) is 18.9. The van der Waals surface area contributed by atoms with Crippen molar-refractivity contribution in [3.05, 3.63) is 60.3 Å². The maximum absolute atomic E-state index is 12.8. The van der Waals surface area contributed by atoms with Crippen molar-refractivity contribution >= 4 is 5.91 Å². The van der Waals surface area contributed by atoms with E-state index in [0.717, 1.165) is 18.5 Å². The molecule has 1 saturated heterocycles. The van der Waals surface area contributed by atoms with Crippen LogP contribution in [-0.4, -0.2) is 50.8 Å². The molecule has 0 unspecified atom stereocenters. The maximum atomic E-state index is 12.8. The first-order valence-electron chi connectivity index (χ1n) is 9.56. The fourth-order valence-corrected chi connectivity index (χ4v) is 3.55. The van der Waals surface area contributed by atoms with Crippen LogP contribution in [0.1, 0.15) is 34.9 Å². The molecule has 0 spiro atoms. The molecule has 3 heterocycles.